The van der Waals surface area contributed by atoms with Crippen molar-refractivity contribution in [2.75, 3.05) is 54.4 Å². The van der Waals surface area contributed by atoms with Gasteiger partial charge in [-0.05, 0) is 37.5 Å². The first kappa shape index (κ1) is 44.5. The van der Waals surface area contributed by atoms with E-state index < -0.39 is 0 Å². The molecule has 2 nitrogen and oxygen atoms in total. The molecule has 40 heavy (non-hydrogen) atoms. The molecule has 242 valence electrons. The maximum absolute atomic E-state index is 3.53. The Kier molecular flexibility index (Phi) is 35.6. The Morgan fingerprint density at radius 2 is 0.525 bits per heavy atom. The molecule has 4 heteroatoms. The van der Waals surface area contributed by atoms with E-state index in [1.54, 1.807) is 0 Å². The number of hydrogen-bond donors (Lipinski definition) is 0. The van der Waals surface area contributed by atoms with E-state index in [4.69, 9.17) is 0 Å². The van der Waals surface area contributed by atoms with Crippen molar-refractivity contribution < 1.29 is 33.8 Å². The second-order valence-electron chi connectivity index (χ2n) is 13.8. The first-order chi connectivity index (χ1) is 18.3. The molecular formula is C36H74Cl2N2. The summed E-state index contributed by atoms with van der Waals surface area (Å²) in [4.78, 5) is 0. The summed E-state index contributed by atoms with van der Waals surface area (Å²) in [7, 11) is 9.44. The van der Waals surface area contributed by atoms with Crippen LogP contribution in [0.2, 0.25) is 0 Å². The van der Waals surface area contributed by atoms with E-state index in [1.165, 1.54) is 167 Å². The molecule has 0 aromatic carbocycles. The topological polar surface area (TPSA) is 0 Å². The minimum Gasteiger partial charge on any atom is -1.00 e. The lowest BCUT2D eigenvalue weighted by atomic mass is 10.1. The van der Waals surface area contributed by atoms with Crippen LogP contribution in [-0.2, 0) is 0 Å². The zero-order valence-corrected chi connectivity index (χ0v) is 30.0. The van der Waals surface area contributed by atoms with Crippen LogP contribution in [0, 0.1) is 11.8 Å². The Morgan fingerprint density at radius 3 is 0.750 bits per heavy atom. The molecule has 0 N–H and O–H groups in total. The molecule has 0 heterocycles. The average Bonchev–Trinajstić information content (AvgIpc) is 2.88. The Bertz CT molecular complexity index is 505. The van der Waals surface area contributed by atoms with E-state index in [-0.39, 0.29) is 24.8 Å². The maximum atomic E-state index is 3.53. The van der Waals surface area contributed by atoms with Gasteiger partial charge in [-0.2, -0.15) is 0 Å². The molecule has 0 saturated heterocycles. The maximum Gasteiger partial charge on any atom is 0.140 e. The third kappa shape index (κ3) is 34.3. The molecule has 0 fully saturated rings. The van der Waals surface area contributed by atoms with Crippen LogP contribution in [0.1, 0.15) is 168 Å². The van der Waals surface area contributed by atoms with E-state index in [0.29, 0.717) is 0 Å². The van der Waals surface area contributed by atoms with Gasteiger partial charge in [-0.3, -0.25) is 0 Å². The fourth-order valence-electron chi connectivity index (χ4n) is 5.46. The van der Waals surface area contributed by atoms with Crippen LogP contribution in [0.15, 0.2) is 0 Å². The summed E-state index contributed by atoms with van der Waals surface area (Å²) in [6.07, 6.45) is 34.3. The molecule has 0 bridgehead atoms. The first-order valence-corrected chi connectivity index (χ1v) is 17.4. The van der Waals surface area contributed by atoms with E-state index in [2.05, 4.69) is 53.9 Å². The number of nitrogens with zero attached hydrogens (tertiary/aromatic N) is 2. The summed E-state index contributed by atoms with van der Waals surface area (Å²) in [6.45, 7) is 9.13. The van der Waals surface area contributed by atoms with Crippen molar-refractivity contribution in [1.29, 1.82) is 0 Å². The Morgan fingerprint density at radius 1 is 0.325 bits per heavy atom. The average molecular weight is 606 g/mol. The lowest BCUT2D eigenvalue weighted by Crippen LogP contribution is -3.00. The van der Waals surface area contributed by atoms with Crippen molar-refractivity contribution in [2.45, 2.75) is 168 Å². The normalized spacial score (nSPS) is 11.4. The quantitative estimate of drug-likeness (QED) is 0.0698. The van der Waals surface area contributed by atoms with Crippen LogP contribution < -0.4 is 24.8 Å². The lowest BCUT2D eigenvalue weighted by Gasteiger charge is -2.28. The van der Waals surface area contributed by atoms with Crippen LogP contribution in [0.25, 0.3) is 0 Å². The number of hydrogen-bond acceptors (Lipinski definition) is 0. The fourth-order valence-corrected chi connectivity index (χ4v) is 5.46. The van der Waals surface area contributed by atoms with Crippen molar-refractivity contribution in [2.24, 2.45) is 0 Å². The smallest absolute Gasteiger partial charge is 0.140 e. The van der Waals surface area contributed by atoms with Gasteiger partial charge in [0.05, 0.1) is 41.3 Å². The van der Waals surface area contributed by atoms with Gasteiger partial charge in [0, 0.05) is 0 Å². The van der Waals surface area contributed by atoms with Crippen LogP contribution in [0.3, 0.4) is 0 Å². The van der Waals surface area contributed by atoms with Crippen molar-refractivity contribution in [1.82, 2.24) is 0 Å². The van der Waals surface area contributed by atoms with E-state index in [9.17, 15) is 0 Å². The second kappa shape index (κ2) is 32.0. The summed E-state index contributed by atoms with van der Waals surface area (Å²) >= 11 is 0. The predicted octanol–water partition coefficient (Wildman–Crippen LogP) is 4.55. The van der Waals surface area contributed by atoms with Crippen LogP contribution in [-0.4, -0.2) is 63.3 Å². The number of quaternary nitrogens is 2. The minimum atomic E-state index is 0. The van der Waals surface area contributed by atoms with Crippen molar-refractivity contribution in [3.8, 4) is 11.8 Å². The Labute approximate surface area is 267 Å². The van der Waals surface area contributed by atoms with E-state index >= 15 is 0 Å². The van der Waals surface area contributed by atoms with Gasteiger partial charge in [0.15, 0.2) is 0 Å². The van der Waals surface area contributed by atoms with Crippen LogP contribution in [0.4, 0.5) is 0 Å². The van der Waals surface area contributed by atoms with Gasteiger partial charge in [0.25, 0.3) is 0 Å². The summed E-state index contributed by atoms with van der Waals surface area (Å²) in [5, 5.41) is 0. The third-order valence-corrected chi connectivity index (χ3v) is 8.37. The van der Waals surface area contributed by atoms with Gasteiger partial charge >= 0.3 is 0 Å². The van der Waals surface area contributed by atoms with Crippen LogP contribution >= 0.6 is 0 Å². The van der Waals surface area contributed by atoms with Gasteiger partial charge in [0.2, 0.25) is 0 Å². The molecule has 0 amide bonds. The van der Waals surface area contributed by atoms with E-state index in [1.807, 2.05) is 0 Å². The van der Waals surface area contributed by atoms with Gasteiger partial charge in [-0.15, -0.1) is 0 Å². The number of unbranched alkanes of at least 4 members (excludes halogenated alkanes) is 22. The van der Waals surface area contributed by atoms with Crippen molar-refractivity contribution in [3.05, 3.63) is 0 Å². The van der Waals surface area contributed by atoms with Crippen LogP contribution in [0.5, 0.6) is 0 Å². The molecule has 0 unspecified atom stereocenters. The number of halogens is 2. The highest BCUT2D eigenvalue weighted by Gasteiger charge is 2.14. The molecule has 0 rings (SSSR count). The SMILES string of the molecule is CCCCCCCCCCCCCC[N+](C)(C)CC#CC[N+](C)(C)CCCCCCCCCCCCCC.[Cl-].[Cl-]. The highest BCUT2D eigenvalue weighted by molar-refractivity contribution is 4.99. The first-order valence-electron chi connectivity index (χ1n) is 17.4. The largest absolute Gasteiger partial charge is 1.00 e. The molecule has 0 aliphatic carbocycles. The molecule has 0 saturated carbocycles. The van der Waals surface area contributed by atoms with Gasteiger partial charge in [0.1, 0.15) is 13.1 Å². The Hall–Kier alpha value is 0.0600. The fraction of sp³-hybridized carbons (Fsp3) is 0.944. The predicted molar refractivity (Wildman–Crippen MR) is 174 cm³/mol. The third-order valence-electron chi connectivity index (χ3n) is 8.37. The number of rotatable bonds is 28. The molecule has 0 aromatic heterocycles. The molecule has 0 aromatic rings. The zero-order chi connectivity index (χ0) is 28.2. The molecule has 0 aliphatic heterocycles. The van der Waals surface area contributed by atoms with E-state index in [0.717, 1.165) is 22.1 Å². The molecular weight excluding hydrogens is 531 g/mol. The van der Waals surface area contributed by atoms with Gasteiger partial charge in [-0.25, -0.2) is 0 Å². The second-order valence-corrected chi connectivity index (χ2v) is 13.8. The lowest BCUT2D eigenvalue weighted by molar-refractivity contribution is -0.885. The van der Waals surface area contributed by atoms with Gasteiger partial charge in [-0.1, -0.05) is 142 Å². The van der Waals surface area contributed by atoms with Crippen molar-refractivity contribution in [3.63, 3.8) is 0 Å². The standard InChI is InChI=1S/C36H74N2.2ClH/c1-7-9-11-13-15-17-19-21-23-25-27-29-33-37(3,4)35-31-32-36-38(5,6)34-30-28-26-24-22-20-18-16-14-12-10-8-2;;/h7-30,33-36H2,1-6H3;2*1H/q+2;;/p-2. The van der Waals surface area contributed by atoms with Gasteiger partial charge < -0.3 is 33.8 Å². The summed E-state index contributed by atoms with van der Waals surface area (Å²) < 4.78 is 2.11. The summed E-state index contributed by atoms with van der Waals surface area (Å²) in [6, 6.07) is 0. The molecule has 0 spiro atoms. The molecule has 0 atom stereocenters. The highest BCUT2D eigenvalue weighted by atomic mass is 35.5. The minimum absolute atomic E-state index is 0. The Balaban J connectivity index is -0.00000684. The summed E-state index contributed by atoms with van der Waals surface area (Å²) in [5.74, 6) is 7.06. The zero-order valence-electron chi connectivity index (χ0n) is 28.4. The summed E-state index contributed by atoms with van der Waals surface area (Å²) in [5.41, 5.74) is 0. The molecule has 0 radical (unpaired) electrons. The van der Waals surface area contributed by atoms with Crippen molar-refractivity contribution >= 4 is 0 Å². The monoisotopic (exact) mass is 605 g/mol. The highest BCUT2D eigenvalue weighted by Crippen LogP contribution is 2.14. The molecule has 0 aliphatic rings.